The van der Waals surface area contributed by atoms with Crippen molar-refractivity contribution < 1.29 is 4.74 Å². The van der Waals surface area contributed by atoms with Crippen LogP contribution in [0.1, 0.15) is 5.56 Å². The van der Waals surface area contributed by atoms with Gasteiger partial charge in [-0.15, -0.1) is 0 Å². The Morgan fingerprint density at radius 2 is 1.75 bits per heavy atom. The summed E-state index contributed by atoms with van der Waals surface area (Å²) in [6, 6.07) is 16.0. The minimum atomic E-state index is 0.545. The molecular weight excluding hydrogens is 390 g/mol. The monoisotopic (exact) mass is 413 g/mol. The minimum Gasteiger partial charge on any atom is -0.490 e. The third-order valence-electron chi connectivity index (χ3n) is 5.24. The summed E-state index contributed by atoms with van der Waals surface area (Å²) in [6.45, 7) is 5.32. The molecule has 4 nitrogen and oxygen atoms in total. The van der Waals surface area contributed by atoms with E-state index in [-0.39, 0.29) is 0 Å². The lowest BCUT2D eigenvalue weighted by atomic mass is 10.1. The van der Waals surface area contributed by atoms with E-state index in [1.807, 2.05) is 24.3 Å². The van der Waals surface area contributed by atoms with E-state index in [9.17, 15) is 0 Å². The maximum Gasteiger partial charge on any atom is 0.137 e. The van der Waals surface area contributed by atoms with Gasteiger partial charge < -0.3 is 19.1 Å². The fraction of sp³-hybridized carbons (Fsp3) is 0.318. The summed E-state index contributed by atoms with van der Waals surface area (Å²) in [7, 11) is 2.16. The van der Waals surface area contributed by atoms with Gasteiger partial charge in [0.25, 0.3) is 0 Å². The van der Waals surface area contributed by atoms with Gasteiger partial charge in [-0.25, -0.2) is 0 Å². The first kappa shape index (κ1) is 19.2. The van der Waals surface area contributed by atoms with Gasteiger partial charge in [0.2, 0.25) is 0 Å². The molecule has 0 N–H and O–H groups in total. The van der Waals surface area contributed by atoms with E-state index in [0.29, 0.717) is 17.4 Å². The molecule has 0 unspecified atom stereocenters. The van der Waals surface area contributed by atoms with Gasteiger partial charge in [-0.2, -0.15) is 0 Å². The van der Waals surface area contributed by atoms with Crippen molar-refractivity contribution in [2.24, 2.45) is 0 Å². The summed E-state index contributed by atoms with van der Waals surface area (Å²) in [6.07, 6.45) is 2.17. The lowest BCUT2D eigenvalue weighted by Crippen LogP contribution is -2.46. The van der Waals surface area contributed by atoms with E-state index >= 15 is 0 Å². The van der Waals surface area contributed by atoms with Crippen LogP contribution in [0.2, 0.25) is 5.02 Å². The molecular formula is C22H24ClN3OS. The Morgan fingerprint density at radius 3 is 2.54 bits per heavy atom. The maximum absolute atomic E-state index is 6.19. The van der Waals surface area contributed by atoms with Crippen molar-refractivity contribution in [3.8, 4) is 5.75 Å². The van der Waals surface area contributed by atoms with Crippen LogP contribution in [0.3, 0.4) is 0 Å². The standard InChI is InChI=1S/C22H24ClN3OS/c1-24-10-12-25(13-11-24)22(28)18-16-26(20-8-4-2-6-17(18)20)14-15-27-21-9-5-3-7-19(21)23/h2-9,16H,10-15H2,1H3. The van der Waals surface area contributed by atoms with Crippen LogP contribution in [0, 0.1) is 0 Å². The van der Waals surface area contributed by atoms with Gasteiger partial charge in [0.05, 0.1) is 11.6 Å². The van der Waals surface area contributed by atoms with Crippen molar-refractivity contribution in [1.29, 1.82) is 0 Å². The second-order valence-electron chi connectivity index (χ2n) is 7.13. The number of thiocarbonyl (C=S) groups is 1. The Hall–Kier alpha value is -2.08. The topological polar surface area (TPSA) is 20.6 Å². The van der Waals surface area contributed by atoms with Crippen molar-refractivity contribution in [3.63, 3.8) is 0 Å². The molecule has 146 valence electrons. The van der Waals surface area contributed by atoms with Gasteiger partial charge in [-0.05, 0) is 25.2 Å². The largest absolute Gasteiger partial charge is 0.490 e. The van der Waals surface area contributed by atoms with Gasteiger partial charge >= 0.3 is 0 Å². The van der Waals surface area contributed by atoms with E-state index in [1.54, 1.807) is 0 Å². The number of halogens is 1. The van der Waals surface area contributed by atoms with E-state index in [4.69, 9.17) is 28.6 Å². The zero-order chi connectivity index (χ0) is 19.5. The molecule has 0 aliphatic carbocycles. The summed E-state index contributed by atoms with van der Waals surface area (Å²) in [5.41, 5.74) is 2.31. The fourth-order valence-electron chi connectivity index (χ4n) is 3.60. The highest BCUT2D eigenvalue weighted by Gasteiger charge is 2.20. The van der Waals surface area contributed by atoms with Crippen molar-refractivity contribution in [2.45, 2.75) is 6.54 Å². The number of rotatable bonds is 5. The fourth-order valence-corrected chi connectivity index (χ4v) is 4.13. The second-order valence-corrected chi connectivity index (χ2v) is 7.92. The zero-order valence-electron chi connectivity index (χ0n) is 16.0. The number of piperazine rings is 1. The number of aromatic nitrogens is 1. The molecule has 0 saturated carbocycles. The molecule has 6 heteroatoms. The summed E-state index contributed by atoms with van der Waals surface area (Å²) in [5.74, 6) is 0.716. The highest BCUT2D eigenvalue weighted by atomic mass is 35.5. The average Bonchev–Trinajstić information content (AvgIpc) is 3.08. The van der Waals surface area contributed by atoms with Crippen LogP contribution in [-0.4, -0.2) is 59.2 Å². The quantitative estimate of drug-likeness (QED) is 0.581. The van der Waals surface area contributed by atoms with Crippen LogP contribution in [0.4, 0.5) is 0 Å². The van der Waals surface area contributed by atoms with Crippen LogP contribution >= 0.6 is 23.8 Å². The minimum absolute atomic E-state index is 0.545. The molecule has 3 aromatic rings. The summed E-state index contributed by atoms with van der Waals surface area (Å²) < 4.78 is 8.11. The lowest BCUT2D eigenvalue weighted by molar-refractivity contribution is 0.218. The average molecular weight is 414 g/mol. The van der Waals surface area contributed by atoms with E-state index in [2.05, 4.69) is 51.9 Å². The first-order valence-corrected chi connectivity index (χ1v) is 10.3. The molecule has 0 amide bonds. The first-order chi connectivity index (χ1) is 13.6. The molecule has 1 saturated heterocycles. The number of para-hydroxylation sites is 2. The highest BCUT2D eigenvalue weighted by molar-refractivity contribution is 7.80. The SMILES string of the molecule is CN1CCN(C(=S)c2cn(CCOc3ccccc3Cl)c3ccccc23)CC1. The van der Waals surface area contributed by atoms with Gasteiger partial charge in [0.1, 0.15) is 17.3 Å². The van der Waals surface area contributed by atoms with Gasteiger partial charge in [-0.1, -0.05) is 54.2 Å². The number of nitrogens with zero attached hydrogens (tertiary/aromatic N) is 3. The Balaban J connectivity index is 1.53. The first-order valence-electron chi connectivity index (χ1n) is 9.56. The highest BCUT2D eigenvalue weighted by Crippen LogP contribution is 2.25. The Bertz CT molecular complexity index is 979. The van der Waals surface area contributed by atoms with Crippen LogP contribution in [-0.2, 0) is 6.54 Å². The predicted octanol–water partition coefficient (Wildman–Crippen LogP) is 4.30. The van der Waals surface area contributed by atoms with Gasteiger partial charge in [-0.3, -0.25) is 0 Å². The Morgan fingerprint density at radius 1 is 1.04 bits per heavy atom. The molecule has 1 aromatic heterocycles. The molecule has 0 radical (unpaired) electrons. The molecule has 0 atom stereocenters. The maximum atomic E-state index is 6.19. The molecule has 28 heavy (non-hydrogen) atoms. The van der Waals surface area contributed by atoms with E-state index in [1.165, 1.54) is 10.9 Å². The molecule has 4 rings (SSSR count). The van der Waals surface area contributed by atoms with Crippen molar-refractivity contribution in [1.82, 2.24) is 14.4 Å². The third kappa shape index (κ3) is 4.02. The van der Waals surface area contributed by atoms with Crippen LogP contribution < -0.4 is 4.74 Å². The third-order valence-corrected chi connectivity index (χ3v) is 6.03. The Labute approximate surface area is 176 Å². The van der Waals surface area contributed by atoms with Crippen LogP contribution in [0.5, 0.6) is 5.75 Å². The molecule has 2 aromatic carbocycles. The van der Waals surface area contributed by atoms with Crippen molar-refractivity contribution in [2.75, 3.05) is 39.8 Å². The van der Waals surface area contributed by atoms with Crippen LogP contribution in [0.15, 0.2) is 54.7 Å². The molecule has 0 bridgehead atoms. The number of hydrogen-bond donors (Lipinski definition) is 0. The molecule has 1 fully saturated rings. The lowest BCUT2D eigenvalue weighted by Gasteiger charge is -2.34. The number of fused-ring (bicyclic) bond motifs is 1. The number of ether oxygens (including phenoxy) is 1. The molecule has 2 heterocycles. The number of hydrogen-bond acceptors (Lipinski definition) is 3. The van der Waals surface area contributed by atoms with Crippen LogP contribution in [0.25, 0.3) is 10.9 Å². The summed E-state index contributed by atoms with van der Waals surface area (Å²) in [5, 5.41) is 1.83. The Kier molecular flexibility index (Phi) is 5.85. The second kappa shape index (κ2) is 8.52. The summed E-state index contributed by atoms with van der Waals surface area (Å²) >= 11 is 12.1. The number of likely N-dealkylation sites (N-methyl/N-ethyl adjacent to an activating group) is 1. The molecule has 1 aliphatic rings. The van der Waals surface area contributed by atoms with E-state index in [0.717, 1.165) is 43.3 Å². The zero-order valence-corrected chi connectivity index (χ0v) is 17.5. The van der Waals surface area contributed by atoms with Gasteiger partial charge in [0.15, 0.2) is 0 Å². The number of benzene rings is 2. The smallest absolute Gasteiger partial charge is 0.137 e. The molecule has 0 spiro atoms. The normalized spacial score (nSPS) is 15.1. The molecule has 1 aliphatic heterocycles. The van der Waals surface area contributed by atoms with Crippen molar-refractivity contribution in [3.05, 3.63) is 65.3 Å². The van der Waals surface area contributed by atoms with E-state index < -0.39 is 0 Å². The van der Waals surface area contributed by atoms with Gasteiger partial charge in [0, 0.05) is 48.8 Å². The summed E-state index contributed by atoms with van der Waals surface area (Å²) in [4.78, 5) is 5.60. The van der Waals surface area contributed by atoms with Crippen molar-refractivity contribution >= 4 is 39.7 Å². The predicted molar refractivity (Wildman–Crippen MR) is 120 cm³/mol.